The molecule has 0 bridgehead atoms. The molecular formula is C30H39N13O7. The lowest BCUT2D eigenvalue weighted by Crippen LogP contribution is -2.39. The van der Waals surface area contributed by atoms with Crippen molar-refractivity contribution in [3.63, 3.8) is 0 Å². The maximum atomic E-state index is 13.2. The second-order valence-corrected chi connectivity index (χ2v) is 11.6. The molecule has 5 aromatic heterocycles. The zero-order chi connectivity index (χ0) is 35.7. The number of hydrogen-bond donors (Lipinski definition) is 5. The zero-order valence-electron chi connectivity index (χ0n) is 28.0. The third kappa shape index (κ3) is 6.28. The van der Waals surface area contributed by atoms with Gasteiger partial charge in [0.2, 0.25) is 11.7 Å². The normalized spacial score (nSPS) is 19.1. The highest BCUT2D eigenvalue weighted by atomic mass is 16.6. The van der Waals surface area contributed by atoms with E-state index in [4.69, 9.17) is 15.2 Å². The molecule has 20 nitrogen and oxygen atoms in total. The average Bonchev–Trinajstić information content (AvgIpc) is 3.77. The number of imidazole rings is 2. The number of carbonyl (C=O) groups is 1. The number of nitrogens with two attached hydrogens (primary N) is 1. The van der Waals surface area contributed by atoms with Gasteiger partial charge in [-0.05, 0) is 26.0 Å². The number of likely N-dealkylation sites (N-methyl/N-ethyl adjacent to an activating group) is 1. The van der Waals surface area contributed by atoms with Gasteiger partial charge in [0.15, 0.2) is 34.7 Å². The number of aliphatic hydroxyl groups is 2. The van der Waals surface area contributed by atoms with Crippen LogP contribution in [0.3, 0.4) is 0 Å². The molecule has 1 unspecified atom stereocenters. The Morgan fingerprint density at radius 3 is 2.46 bits per heavy atom. The van der Waals surface area contributed by atoms with E-state index in [-0.39, 0.29) is 73.2 Å². The number of hydrogen-bond acceptors (Lipinski definition) is 16. The van der Waals surface area contributed by atoms with Gasteiger partial charge in [0, 0.05) is 45.5 Å². The minimum absolute atomic E-state index is 0.0426. The Balaban J connectivity index is 1.07. The molecule has 6 N–H and O–H groups in total. The van der Waals surface area contributed by atoms with Crippen LogP contribution in [0, 0.1) is 0 Å². The molecule has 1 saturated heterocycles. The third-order valence-corrected chi connectivity index (χ3v) is 8.44. The second kappa shape index (κ2) is 14.3. The Kier molecular flexibility index (Phi) is 9.86. The molecule has 0 saturated carbocycles. The van der Waals surface area contributed by atoms with Crippen LogP contribution in [0.4, 0.5) is 11.8 Å². The molecular weight excluding hydrogens is 654 g/mol. The lowest BCUT2D eigenvalue weighted by atomic mass is 10.1. The van der Waals surface area contributed by atoms with Crippen LogP contribution in [-0.4, -0.2) is 109 Å². The fourth-order valence-electron chi connectivity index (χ4n) is 5.87. The van der Waals surface area contributed by atoms with Gasteiger partial charge in [-0.1, -0.05) is 6.92 Å². The summed E-state index contributed by atoms with van der Waals surface area (Å²) in [7, 11) is 1.57. The van der Waals surface area contributed by atoms with Crippen molar-refractivity contribution in [3.8, 4) is 6.01 Å². The van der Waals surface area contributed by atoms with E-state index in [9.17, 15) is 24.6 Å². The smallest absolute Gasteiger partial charge is 0.332 e. The van der Waals surface area contributed by atoms with E-state index in [1.165, 1.54) is 32.4 Å². The van der Waals surface area contributed by atoms with E-state index in [1.807, 2.05) is 6.92 Å². The van der Waals surface area contributed by atoms with Gasteiger partial charge >= 0.3 is 11.7 Å². The molecule has 0 aliphatic carbocycles. The lowest BCUT2D eigenvalue weighted by molar-refractivity contribution is -0.0340. The Labute approximate surface area is 283 Å². The summed E-state index contributed by atoms with van der Waals surface area (Å²) in [5.41, 5.74) is 6.63. The van der Waals surface area contributed by atoms with Crippen LogP contribution >= 0.6 is 0 Å². The number of ketones is 1. The number of carbonyl (C=O) groups excluding carboxylic acids is 1. The number of fused-ring (bicyclic) bond motifs is 2. The van der Waals surface area contributed by atoms with Gasteiger partial charge in [-0.25, -0.2) is 24.7 Å². The molecule has 1 aliphatic heterocycles. The first kappa shape index (κ1) is 34.5. The summed E-state index contributed by atoms with van der Waals surface area (Å²) in [5, 5.41) is 27.3. The Bertz CT molecular complexity index is 2140. The quantitative estimate of drug-likeness (QED) is 0.0661. The molecule has 50 heavy (non-hydrogen) atoms. The van der Waals surface area contributed by atoms with Crippen LogP contribution in [0.1, 0.15) is 43.2 Å². The monoisotopic (exact) mass is 693 g/mol. The summed E-state index contributed by atoms with van der Waals surface area (Å²) < 4.78 is 17.0. The fraction of sp³-hybridized carbons (Fsp3) is 0.500. The molecule has 0 amide bonds. The summed E-state index contributed by atoms with van der Waals surface area (Å²) in [5.74, 6) is -0.0435. The number of nitrogens with one attached hydrogen (secondary N) is 2. The van der Waals surface area contributed by atoms with E-state index in [0.29, 0.717) is 29.8 Å². The molecule has 20 heteroatoms. The summed E-state index contributed by atoms with van der Waals surface area (Å²) >= 11 is 0. The first-order chi connectivity index (χ1) is 24.1. The standard InChI is InChI=1S/C30H39N13O7/c1-5-32-13-17-20(45)21(46)27(50-17)43-14-36-18-22(31)37-28(39-24(18)43)33-8-9-49-29-34-11-15(12-35-29)10-16(44)23-38-25-19(40(23)4)26(47)42(7-3)30(48)41(25)6-2/h11-12,14,17,20-21,27,32,45-46H,5-10,13H2,1-4H3,(H3,31,33,37,39)/t17?,20-,21-,27-/m1/s1. The van der Waals surface area contributed by atoms with E-state index in [2.05, 4.69) is 40.5 Å². The third-order valence-electron chi connectivity index (χ3n) is 8.44. The van der Waals surface area contributed by atoms with Crippen molar-refractivity contribution >= 4 is 39.9 Å². The van der Waals surface area contributed by atoms with Crippen LogP contribution < -0.4 is 32.4 Å². The minimum Gasteiger partial charge on any atom is -0.462 e. The SMILES string of the molecule is CCNCC1O[C@@H](n2cnc3c(N)nc(NCCOc4ncc(CC(=O)c5nc6c(c(=O)n(CC)c(=O)n6CC)n5C)cn4)nc32)[C@H](O)[C@@H]1O. The van der Waals surface area contributed by atoms with Crippen LogP contribution in [0.5, 0.6) is 6.01 Å². The second-order valence-electron chi connectivity index (χ2n) is 11.6. The summed E-state index contributed by atoms with van der Waals surface area (Å²) in [6.45, 7) is 7.30. The number of ether oxygens (including phenoxy) is 2. The highest BCUT2D eigenvalue weighted by molar-refractivity contribution is 5.97. The maximum absolute atomic E-state index is 13.2. The fourth-order valence-corrected chi connectivity index (χ4v) is 5.87. The molecule has 0 spiro atoms. The van der Waals surface area contributed by atoms with E-state index < -0.39 is 35.8 Å². The molecule has 6 heterocycles. The Morgan fingerprint density at radius 1 is 1.02 bits per heavy atom. The average molecular weight is 694 g/mol. The summed E-state index contributed by atoms with van der Waals surface area (Å²) in [6, 6.07) is 0.0739. The van der Waals surface area contributed by atoms with Crippen molar-refractivity contribution in [1.29, 1.82) is 0 Å². The highest BCUT2D eigenvalue weighted by Gasteiger charge is 2.44. The number of aliphatic hydroxyl groups excluding tert-OH is 2. The minimum atomic E-state index is -1.21. The van der Waals surface area contributed by atoms with Gasteiger partial charge < -0.3 is 40.6 Å². The van der Waals surface area contributed by atoms with Crippen LogP contribution in [0.15, 0.2) is 28.3 Å². The van der Waals surface area contributed by atoms with Gasteiger partial charge in [-0.3, -0.25) is 23.3 Å². The van der Waals surface area contributed by atoms with Crippen molar-refractivity contribution < 1.29 is 24.5 Å². The van der Waals surface area contributed by atoms with Crippen molar-refractivity contribution in [2.24, 2.45) is 7.05 Å². The Hall–Kier alpha value is -5.31. The first-order valence-corrected chi connectivity index (χ1v) is 16.2. The van der Waals surface area contributed by atoms with Gasteiger partial charge in [0.05, 0.1) is 12.9 Å². The van der Waals surface area contributed by atoms with Crippen molar-refractivity contribution in [3.05, 3.63) is 50.9 Å². The van der Waals surface area contributed by atoms with Crippen LogP contribution in [-0.2, 0) is 31.3 Å². The number of anilines is 2. The molecule has 1 aliphatic rings. The predicted octanol–water partition coefficient (Wildman–Crippen LogP) is -1.41. The number of aromatic nitrogens is 10. The topological polar surface area (TPSA) is 257 Å². The van der Waals surface area contributed by atoms with Crippen molar-refractivity contribution in [2.45, 2.75) is 64.8 Å². The number of nitrogen functional groups attached to an aromatic ring is 1. The van der Waals surface area contributed by atoms with Crippen LogP contribution in [0.2, 0.25) is 0 Å². The van der Waals surface area contributed by atoms with Gasteiger partial charge in [-0.2, -0.15) is 9.97 Å². The van der Waals surface area contributed by atoms with Crippen molar-refractivity contribution in [1.82, 2.24) is 53.5 Å². The largest absolute Gasteiger partial charge is 0.462 e. The number of aryl methyl sites for hydroxylation is 2. The number of nitrogens with zero attached hydrogens (tertiary/aromatic N) is 10. The first-order valence-electron chi connectivity index (χ1n) is 16.2. The van der Waals surface area contributed by atoms with E-state index in [0.717, 1.165) is 4.57 Å². The molecule has 5 aromatic rings. The summed E-state index contributed by atoms with van der Waals surface area (Å²) in [6.07, 6.45) is 0.393. The molecule has 1 fully saturated rings. The lowest BCUT2D eigenvalue weighted by Gasteiger charge is -2.17. The number of rotatable bonds is 14. The zero-order valence-corrected chi connectivity index (χ0v) is 28.0. The van der Waals surface area contributed by atoms with E-state index in [1.54, 1.807) is 20.9 Å². The Morgan fingerprint density at radius 2 is 1.76 bits per heavy atom. The van der Waals surface area contributed by atoms with Crippen LogP contribution in [0.25, 0.3) is 22.3 Å². The molecule has 6 rings (SSSR count). The highest BCUT2D eigenvalue weighted by Crippen LogP contribution is 2.32. The molecule has 4 atom stereocenters. The van der Waals surface area contributed by atoms with Gasteiger partial charge in [0.25, 0.3) is 5.56 Å². The predicted molar refractivity (Wildman–Crippen MR) is 179 cm³/mol. The maximum Gasteiger partial charge on any atom is 0.332 e. The summed E-state index contributed by atoms with van der Waals surface area (Å²) in [4.78, 5) is 64.7. The molecule has 0 radical (unpaired) electrons. The van der Waals surface area contributed by atoms with Gasteiger partial charge in [0.1, 0.15) is 30.4 Å². The van der Waals surface area contributed by atoms with Gasteiger partial charge in [-0.15, -0.1) is 0 Å². The van der Waals surface area contributed by atoms with E-state index >= 15 is 0 Å². The van der Waals surface area contributed by atoms with Crippen molar-refractivity contribution in [2.75, 3.05) is 37.3 Å². The molecule has 0 aromatic carbocycles. The number of Topliss-reactive ketones (excluding diaryl/α,β-unsaturated/α-hetero) is 1. The molecule has 266 valence electrons.